The van der Waals surface area contributed by atoms with Crippen molar-refractivity contribution in [2.75, 3.05) is 26.4 Å². The number of carbonyl (C=O) groups is 2. The highest BCUT2D eigenvalue weighted by atomic mass is 16.7. The molecule has 2 fully saturated rings. The van der Waals surface area contributed by atoms with E-state index >= 15 is 0 Å². The molecule has 80 heavy (non-hydrogen) atoms. The molecule has 2 rings (SSSR count). The van der Waals surface area contributed by atoms with E-state index < -0.39 is 99.3 Å². The van der Waals surface area contributed by atoms with Gasteiger partial charge in [-0.05, 0) is 70.6 Å². The van der Waals surface area contributed by atoms with Crippen LogP contribution in [0.4, 0.5) is 0 Å². The van der Waals surface area contributed by atoms with E-state index in [1.807, 2.05) is 6.08 Å². The number of ether oxygens (including phenoxy) is 6. The van der Waals surface area contributed by atoms with Gasteiger partial charge in [-0.2, -0.15) is 0 Å². The SMILES string of the molecule is CCCCCCCCC/C=C/C/C=C/C/C=C/C/C=C/CCCC(=O)OC[C@H](CO[C@H]1O[C@@H](CO[C@H]2O[C@@H](CO)[C@@H](O)C(O)C2O)[C@@H](O)C(O)C1O)OC(=O)CCC/C=C/CCCCCCCCCCCCCCCCCCCC. The van der Waals surface area contributed by atoms with E-state index in [0.29, 0.717) is 25.7 Å². The van der Waals surface area contributed by atoms with Crippen LogP contribution in [0.2, 0.25) is 0 Å². The molecule has 0 aromatic rings. The molecule has 4 unspecified atom stereocenters. The van der Waals surface area contributed by atoms with Crippen molar-refractivity contribution in [3.8, 4) is 0 Å². The number of rotatable bonds is 51. The van der Waals surface area contributed by atoms with Crippen LogP contribution in [-0.2, 0) is 38.0 Å². The van der Waals surface area contributed by atoms with Crippen LogP contribution in [0.25, 0.3) is 0 Å². The molecule has 2 heterocycles. The van der Waals surface area contributed by atoms with E-state index in [-0.39, 0.29) is 19.4 Å². The normalized spacial score (nSPS) is 24.1. The van der Waals surface area contributed by atoms with Gasteiger partial charge in [0.05, 0.1) is 19.8 Å². The summed E-state index contributed by atoms with van der Waals surface area (Å²) < 4.78 is 33.7. The Morgan fingerprint density at radius 2 is 0.750 bits per heavy atom. The number of carbonyl (C=O) groups excluding carboxylic acids is 2. The third kappa shape index (κ3) is 36.7. The van der Waals surface area contributed by atoms with Crippen LogP contribution in [0, 0.1) is 0 Å². The van der Waals surface area contributed by atoms with Gasteiger partial charge in [0.25, 0.3) is 0 Å². The topological polar surface area (TPSA) is 231 Å². The Balaban J connectivity index is 1.75. The Labute approximate surface area is 483 Å². The zero-order valence-electron chi connectivity index (χ0n) is 49.8. The van der Waals surface area contributed by atoms with Gasteiger partial charge < -0.3 is 64.2 Å². The maximum Gasteiger partial charge on any atom is 0.306 e. The third-order valence-corrected chi connectivity index (χ3v) is 15.0. The summed E-state index contributed by atoms with van der Waals surface area (Å²) in [6, 6.07) is 0. The lowest BCUT2D eigenvalue weighted by atomic mass is 9.98. The Morgan fingerprint density at radius 3 is 1.19 bits per heavy atom. The predicted molar refractivity (Wildman–Crippen MR) is 316 cm³/mol. The van der Waals surface area contributed by atoms with Crippen molar-refractivity contribution in [2.45, 2.75) is 313 Å². The number of hydrogen-bond donors (Lipinski definition) is 7. The second-order valence-corrected chi connectivity index (χ2v) is 22.2. The molecule has 0 aliphatic carbocycles. The van der Waals surface area contributed by atoms with Gasteiger partial charge in [0.15, 0.2) is 18.7 Å². The molecule has 0 amide bonds. The van der Waals surface area contributed by atoms with Crippen LogP contribution in [-0.4, -0.2) is 142 Å². The van der Waals surface area contributed by atoms with Gasteiger partial charge in [0.1, 0.15) is 55.4 Å². The fraction of sp³-hybridized carbons (Fsp3) is 0.815. The highest BCUT2D eigenvalue weighted by molar-refractivity contribution is 5.70. The number of hydrogen-bond acceptors (Lipinski definition) is 15. The molecule has 7 N–H and O–H groups in total. The molecule has 2 aliphatic rings. The molecule has 0 spiro atoms. The van der Waals surface area contributed by atoms with Gasteiger partial charge in [0.2, 0.25) is 0 Å². The minimum Gasteiger partial charge on any atom is -0.462 e. The molecule has 15 nitrogen and oxygen atoms in total. The Kier molecular flexibility index (Phi) is 46.4. The zero-order valence-corrected chi connectivity index (χ0v) is 49.8. The summed E-state index contributed by atoms with van der Waals surface area (Å²) in [4.78, 5) is 25.9. The van der Waals surface area contributed by atoms with Crippen LogP contribution in [0.3, 0.4) is 0 Å². The lowest BCUT2D eigenvalue weighted by molar-refractivity contribution is -0.332. The molecule has 15 heteroatoms. The van der Waals surface area contributed by atoms with Crippen molar-refractivity contribution < 1.29 is 73.8 Å². The summed E-state index contributed by atoms with van der Waals surface area (Å²) in [5.74, 6) is -1.02. The minimum atomic E-state index is -1.78. The summed E-state index contributed by atoms with van der Waals surface area (Å²) >= 11 is 0. The Morgan fingerprint density at radius 1 is 0.400 bits per heavy atom. The largest absolute Gasteiger partial charge is 0.462 e. The van der Waals surface area contributed by atoms with Crippen LogP contribution < -0.4 is 0 Å². The summed E-state index contributed by atoms with van der Waals surface area (Å²) in [6.45, 7) is 2.55. The van der Waals surface area contributed by atoms with E-state index in [2.05, 4.69) is 68.5 Å². The summed E-state index contributed by atoms with van der Waals surface area (Å²) in [5.41, 5.74) is 0. The van der Waals surface area contributed by atoms with Crippen LogP contribution in [0.1, 0.15) is 245 Å². The number of aliphatic hydroxyl groups excluding tert-OH is 7. The number of unbranched alkanes of at least 4 members (excludes halogenated alkanes) is 27. The van der Waals surface area contributed by atoms with E-state index in [9.17, 15) is 45.3 Å². The maximum absolute atomic E-state index is 13.1. The second kappa shape index (κ2) is 50.7. The van der Waals surface area contributed by atoms with Crippen molar-refractivity contribution in [2.24, 2.45) is 0 Å². The lowest BCUT2D eigenvalue weighted by Crippen LogP contribution is -2.61. The fourth-order valence-electron chi connectivity index (χ4n) is 9.80. The molecule has 2 aliphatic heterocycles. The zero-order chi connectivity index (χ0) is 58.1. The molecular formula is C65H114O15. The van der Waals surface area contributed by atoms with Crippen molar-refractivity contribution >= 4 is 11.9 Å². The average molecular weight is 1140 g/mol. The quantitative estimate of drug-likeness (QED) is 0.0171. The van der Waals surface area contributed by atoms with Crippen LogP contribution in [0.15, 0.2) is 60.8 Å². The molecular weight excluding hydrogens is 1020 g/mol. The Hall–Kier alpha value is -2.80. The van der Waals surface area contributed by atoms with E-state index in [1.165, 1.54) is 154 Å². The second-order valence-electron chi connectivity index (χ2n) is 22.2. The first-order valence-corrected chi connectivity index (χ1v) is 31.9. The smallest absolute Gasteiger partial charge is 0.306 e. The molecule has 0 aromatic carbocycles. The summed E-state index contributed by atoms with van der Waals surface area (Å²) in [7, 11) is 0. The van der Waals surface area contributed by atoms with Gasteiger partial charge in [0, 0.05) is 12.8 Å². The summed E-state index contributed by atoms with van der Waals surface area (Å²) in [6.07, 6.45) is 45.5. The number of aliphatic hydroxyl groups is 7. The highest BCUT2D eigenvalue weighted by Gasteiger charge is 2.47. The van der Waals surface area contributed by atoms with Gasteiger partial charge in [-0.15, -0.1) is 0 Å². The van der Waals surface area contributed by atoms with Gasteiger partial charge in [-0.1, -0.05) is 222 Å². The molecule has 0 aromatic heterocycles. The minimum absolute atomic E-state index is 0.105. The summed E-state index contributed by atoms with van der Waals surface area (Å²) in [5, 5.41) is 72.4. The van der Waals surface area contributed by atoms with Crippen molar-refractivity contribution in [3.05, 3.63) is 60.8 Å². The molecule has 11 atom stereocenters. The monoisotopic (exact) mass is 1130 g/mol. The van der Waals surface area contributed by atoms with Crippen molar-refractivity contribution in [1.29, 1.82) is 0 Å². The van der Waals surface area contributed by atoms with Gasteiger partial charge >= 0.3 is 11.9 Å². The van der Waals surface area contributed by atoms with Crippen molar-refractivity contribution in [3.63, 3.8) is 0 Å². The number of esters is 2. The first kappa shape index (κ1) is 73.3. The fourth-order valence-corrected chi connectivity index (χ4v) is 9.80. The molecule has 464 valence electrons. The Bertz CT molecular complexity index is 1620. The maximum atomic E-state index is 13.1. The van der Waals surface area contributed by atoms with E-state index in [0.717, 1.165) is 38.5 Å². The number of allylic oxidation sites excluding steroid dienone is 10. The van der Waals surface area contributed by atoms with Gasteiger partial charge in [-0.25, -0.2) is 0 Å². The molecule has 2 saturated heterocycles. The first-order chi connectivity index (χ1) is 39.0. The predicted octanol–water partition coefficient (Wildman–Crippen LogP) is 11.9. The van der Waals surface area contributed by atoms with Crippen molar-refractivity contribution in [1.82, 2.24) is 0 Å². The van der Waals surface area contributed by atoms with Crippen LogP contribution >= 0.6 is 0 Å². The van der Waals surface area contributed by atoms with E-state index in [4.69, 9.17) is 28.4 Å². The lowest BCUT2D eigenvalue weighted by Gasteiger charge is -2.42. The molecule has 0 bridgehead atoms. The molecule has 0 saturated carbocycles. The first-order valence-electron chi connectivity index (χ1n) is 31.9. The highest BCUT2D eigenvalue weighted by Crippen LogP contribution is 2.27. The van der Waals surface area contributed by atoms with E-state index in [1.54, 1.807) is 0 Å². The third-order valence-electron chi connectivity index (χ3n) is 15.0. The van der Waals surface area contributed by atoms with Gasteiger partial charge in [-0.3, -0.25) is 9.59 Å². The van der Waals surface area contributed by atoms with Crippen LogP contribution in [0.5, 0.6) is 0 Å². The average Bonchev–Trinajstić information content (AvgIpc) is 3.50. The molecule has 0 radical (unpaired) electrons. The standard InChI is InChI=1S/C65H114O15/c1-3-5-7-9-11-13-15-17-19-21-23-25-26-28-30-32-34-36-38-40-42-44-46-48-57(68)78-53(51-76-64-63(74)61(72)59(70)55(80-64)52-77-65-62(73)60(71)58(69)54(49-66)79-65)50-75-56(67)47-45-43-41-39-37-35-33-31-29-27-24-22-20-18-16-14-12-10-8-6-4-2/h20,22,27,29,33,35,39-42,53-55,58-66,69-74H,3-19,21,23-26,28,30-32,34,36-38,43-52H2,1-2H3/b22-20+,29-27+,35-33+,41-39+,42-40+/t53-,54+,55+,58-,59-,60?,61?,62?,63?,64+,65+/m1/s1.